The number of hydrogen-bond donors (Lipinski definition) is 3. The zero-order valence-corrected chi connectivity index (χ0v) is 14.0. The van der Waals surface area contributed by atoms with E-state index >= 15 is 0 Å². The van der Waals surface area contributed by atoms with Gasteiger partial charge in [0.2, 0.25) is 5.91 Å². The minimum absolute atomic E-state index is 0.0264. The molecular weight excluding hydrogens is 304 g/mol. The number of carbonyl (C=O) groups excluding carboxylic acids is 2. The van der Waals surface area contributed by atoms with E-state index in [4.69, 9.17) is 0 Å². The molecule has 1 aliphatic rings. The molecule has 1 aromatic heterocycles. The molecule has 0 unspecified atom stereocenters. The molecule has 6 heteroatoms. The summed E-state index contributed by atoms with van der Waals surface area (Å²) in [5, 5.41) is 6.74. The molecule has 0 saturated carbocycles. The standard InChI is InChI=1S/C18H24N4O2/c1-2-3-9-19-17(23)11-20-18(24)22-10-8-14-13-6-4-5-7-15(13)21-16(14)12-22/h4-7,21H,2-3,8-12H2,1H3,(H,19,23)(H,20,24). The SMILES string of the molecule is CCCCNC(=O)CNC(=O)N1CCc2c([nH]c3ccccc23)C1. The lowest BCUT2D eigenvalue weighted by molar-refractivity contribution is -0.120. The lowest BCUT2D eigenvalue weighted by Gasteiger charge is -2.27. The second kappa shape index (κ2) is 7.38. The number of nitrogens with zero attached hydrogens (tertiary/aromatic N) is 1. The van der Waals surface area contributed by atoms with Crippen LogP contribution < -0.4 is 10.6 Å². The van der Waals surface area contributed by atoms with Gasteiger partial charge in [0.25, 0.3) is 0 Å². The molecule has 0 bridgehead atoms. The van der Waals surface area contributed by atoms with Crippen LogP contribution in [0.3, 0.4) is 0 Å². The summed E-state index contributed by atoms with van der Waals surface area (Å²) < 4.78 is 0. The molecule has 1 aliphatic heterocycles. The topological polar surface area (TPSA) is 77.2 Å². The second-order valence-electron chi connectivity index (χ2n) is 6.16. The molecule has 0 saturated heterocycles. The number of hydrogen-bond acceptors (Lipinski definition) is 2. The Kier molecular flexibility index (Phi) is 5.03. The first kappa shape index (κ1) is 16.4. The third-order valence-corrected chi connectivity index (χ3v) is 4.42. The van der Waals surface area contributed by atoms with Crippen molar-refractivity contribution in [3.8, 4) is 0 Å². The van der Waals surface area contributed by atoms with Gasteiger partial charge in [-0.3, -0.25) is 4.79 Å². The number of fused-ring (bicyclic) bond motifs is 3. The van der Waals surface area contributed by atoms with Crippen LogP contribution in [0.5, 0.6) is 0 Å². The molecule has 0 radical (unpaired) electrons. The van der Waals surface area contributed by atoms with Crippen LogP contribution in [0.25, 0.3) is 10.9 Å². The van der Waals surface area contributed by atoms with Crippen molar-refractivity contribution in [2.45, 2.75) is 32.7 Å². The molecule has 24 heavy (non-hydrogen) atoms. The van der Waals surface area contributed by atoms with Gasteiger partial charge in [-0.25, -0.2) is 4.79 Å². The first-order valence-corrected chi connectivity index (χ1v) is 8.57. The molecule has 3 N–H and O–H groups in total. The van der Waals surface area contributed by atoms with E-state index < -0.39 is 0 Å². The van der Waals surface area contributed by atoms with Crippen molar-refractivity contribution in [3.63, 3.8) is 0 Å². The summed E-state index contributed by atoms with van der Waals surface area (Å²) in [5.41, 5.74) is 3.50. The zero-order valence-electron chi connectivity index (χ0n) is 14.0. The maximum absolute atomic E-state index is 12.3. The van der Waals surface area contributed by atoms with E-state index in [1.165, 1.54) is 10.9 Å². The lowest BCUT2D eigenvalue weighted by atomic mass is 10.0. The van der Waals surface area contributed by atoms with Gasteiger partial charge < -0.3 is 20.5 Å². The average molecular weight is 328 g/mol. The molecule has 2 heterocycles. The van der Waals surface area contributed by atoms with Crippen LogP contribution in [0.15, 0.2) is 24.3 Å². The third kappa shape index (κ3) is 3.53. The van der Waals surface area contributed by atoms with Gasteiger partial charge in [-0.1, -0.05) is 31.5 Å². The number of benzene rings is 1. The van der Waals surface area contributed by atoms with Crippen molar-refractivity contribution in [3.05, 3.63) is 35.5 Å². The first-order valence-electron chi connectivity index (χ1n) is 8.57. The fourth-order valence-corrected chi connectivity index (χ4v) is 3.10. The van der Waals surface area contributed by atoms with Gasteiger partial charge in [0.05, 0.1) is 13.1 Å². The first-order chi connectivity index (χ1) is 11.7. The lowest BCUT2D eigenvalue weighted by Crippen LogP contribution is -2.46. The van der Waals surface area contributed by atoms with E-state index in [2.05, 4.69) is 34.7 Å². The highest BCUT2D eigenvalue weighted by Crippen LogP contribution is 2.27. The molecule has 128 valence electrons. The molecule has 0 fully saturated rings. The predicted molar refractivity (Wildman–Crippen MR) is 93.7 cm³/mol. The smallest absolute Gasteiger partial charge is 0.318 e. The molecular formula is C18H24N4O2. The molecule has 0 aliphatic carbocycles. The summed E-state index contributed by atoms with van der Waals surface area (Å²) >= 11 is 0. The minimum atomic E-state index is -0.190. The predicted octanol–water partition coefficient (Wildman–Crippen LogP) is 2.15. The Morgan fingerprint density at radius 1 is 1.25 bits per heavy atom. The highest BCUT2D eigenvalue weighted by Gasteiger charge is 2.23. The zero-order chi connectivity index (χ0) is 16.9. The highest BCUT2D eigenvalue weighted by molar-refractivity contribution is 5.86. The number of aromatic nitrogens is 1. The molecule has 0 spiro atoms. The number of urea groups is 1. The van der Waals surface area contributed by atoms with E-state index in [1.807, 2.05) is 12.1 Å². The van der Waals surface area contributed by atoms with Crippen molar-refractivity contribution in [2.75, 3.05) is 19.6 Å². The summed E-state index contributed by atoms with van der Waals surface area (Å²) in [7, 11) is 0. The van der Waals surface area contributed by atoms with Gasteiger partial charge in [-0.2, -0.15) is 0 Å². The number of aromatic amines is 1. The van der Waals surface area contributed by atoms with Crippen molar-refractivity contribution < 1.29 is 9.59 Å². The van der Waals surface area contributed by atoms with Crippen LogP contribution in [0.2, 0.25) is 0 Å². The van der Waals surface area contributed by atoms with E-state index in [1.54, 1.807) is 4.90 Å². The molecule has 6 nitrogen and oxygen atoms in total. The number of carbonyl (C=O) groups is 2. The Morgan fingerprint density at radius 2 is 2.08 bits per heavy atom. The fourth-order valence-electron chi connectivity index (χ4n) is 3.10. The second-order valence-corrected chi connectivity index (χ2v) is 6.16. The Labute approximate surface area is 141 Å². The van der Waals surface area contributed by atoms with Crippen LogP contribution in [0.1, 0.15) is 31.0 Å². The van der Waals surface area contributed by atoms with Crippen LogP contribution in [-0.4, -0.2) is 41.5 Å². The number of para-hydroxylation sites is 1. The molecule has 0 atom stereocenters. The maximum atomic E-state index is 12.3. The van der Waals surface area contributed by atoms with E-state index in [0.29, 0.717) is 19.6 Å². The van der Waals surface area contributed by atoms with Gasteiger partial charge >= 0.3 is 6.03 Å². The summed E-state index contributed by atoms with van der Waals surface area (Å²) in [4.78, 5) is 29.1. The van der Waals surface area contributed by atoms with Gasteiger partial charge in [0, 0.05) is 29.7 Å². The monoisotopic (exact) mass is 328 g/mol. The van der Waals surface area contributed by atoms with Crippen molar-refractivity contribution in [2.24, 2.45) is 0 Å². The minimum Gasteiger partial charge on any atom is -0.357 e. The van der Waals surface area contributed by atoms with Crippen molar-refractivity contribution in [1.29, 1.82) is 0 Å². The van der Waals surface area contributed by atoms with Gasteiger partial charge in [0.15, 0.2) is 0 Å². The molecule has 3 amide bonds. The van der Waals surface area contributed by atoms with Crippen LogP contribution >= 0.6 is 0 Å². The third-order valence-electron chi connectivity index (χ3n) is 4.42. The molecule has 3 rings (SSSR count). The summed E-state index contributed by atoms with van der Waals surface area (Å²) in [5.74, 6) is -0.139. The molecule has 1 aromatic carbocycles. The number of nitrogens with one attached hydrogen (secondary N) is 3. The van der Waals surface area contributed by atoms with Gasteiger partial charge in [-0.05, 0) is 24.5 Å². The van der Waals surface area contributed by atoms with Gasteiger partial charge in [0.1, 0.15) is 0 Å². The van der Waals surface area contributed by atoms with Crippen LogP contribution in [0.4, 0.5) is 4.79 Å². The van der Waals surface area contributed by atoms with Crippen LogP contribution in [0, 0.1) is 0 Å². The number of amides is 3. The number of rotatable bonds is 5. The Hall–Kier alpha value is -2.50. The van der Waals surface area contributed by atoms with Crippen LogP contribution in [-0.2, 0) is 17.8 Å². The Bertz CT molecular complexity index is 738. The normalized spacial score (nSPS) is 13.6. The Morgan fingerprint density at radius 3 is 2.92 bits per heavy atom. The van der Waals surface area contributed by atoms with Crippen molar-refractivity contribution >= 4 is 22.8 Å². The quantitative estimate of drug-likeness (QED) is 0.736. The average Bonchev–Trinajstić information content (AvgIpc) is 2.97. The maximum Gasteiger partial charge on any atom is 0.318 e. The highest BCUT2D eigenvalue weighted by atomic mass is 16.2. The number of H-pyrrole nitrogens is 1. The summed E-state index contributed by atoms with van der Waals surface area (Å²) in [6.07, 6.45) is 2.82. The Balaban J connectivity index is 1.55. The van der Waals surface area contributed by atoms with E-state index in [-0.39, 0.29) is 18.5 Å². The van der Waals surface area contributed by atoms with E-state index in [0.717, 1.165) is 30.5 Å². The van der Waals surface area contributed by atoms with Crippen molar-refractivity contribution in [1.82, 2.24) is 20.5 Å². The summed E-state index contributed by atoms with van der Waals surface area (Å²) in [6, 6.07) is 8.02. The largest absolute Gasteiger partial charge is 0.357 e. The van der Waals surface area contributed by atoms with Gasteiger partial charge in [-0.15, -0.1) is 0 Å². The number of unbranched alkanes of at least 4 members (excludes halogenated alkanes) is 1. The molecule has 2 aromatic rings. The van der Waals surface area contributed by atoms with E-state index in [9.17, 15) is 9.59 Å². The fraction of sp³-hybridized carbons (Fsp3) is 0.444. The summed E-state index contributed by atoms with van der Waals surface area (Å²) in [6.45, 7) is 3.97.